The molecule has 1 saturated carbocycles. The summed E-state index contributed by atoms with van der Waals surface area (Å²) in [6.07, 6.45) is 2.66. The summed E-state index contributed by atoms with van der Waals surface area (Å²) >= 11 is 0. The van der Waals surface area contributed by atoms with Crippen LogP contribution < -0.4 is 15.2 Å². The van der Waals surface area contributed by atoms with Crippen molar-refractivity contribution in [1.29, 1.82) is 0 Å². The van der Waals surface area contributed by atoms with E-state index >= 15 is 0 Å². The number of methoxy groups -OCH3 is 2. The highest BCUT2D eigenvalue weighted by atomic mass is 16.5. The molecule has 1 fully saturated rings. The van der Waals surface area contributed by atoms with Crippen LogP contribution in [0.15, 0.2) is 18.2 Å². The minimum absolute atomic E-state index is 0.0788. The zero-order chi connectivity index (χ0) is 16.1. The first kappa shape index (κ1) is 16.6. The average molecular weight is 306 g/mol. The minimum Gasteiger partial charge on any atom is -0.493 e. The van der Waals surface area contributed by atoms with Crippen molar-refractivity contribution in [3.63, 3.8) is 0 Å². The molecule has 5 heteroatoms. The summed E-state index contributed by atoms with van der Waals surface area (Å²) in [6.45, 7) is 3.29. The van der Waals surface area contributed by atoms with Gasteiger partial charge in [-0.25, -0.2) is 0 Å². The van der Waals surface area contributed by atoms with E-state index in [1.807, 2.05) is 30.0 Å². The van der Waals surface area contributed by atoms with Crippen LogP contribution in [0.25, 0.3) is 0 Å². The molecule has 2 rings (SSSR count). The quantitative estimate of drug-likeness (QED) is 0.875. The van der Waals surface area contributed by atoms with Gasteiger partial charge in [-0.05, 0) is 43.9 Å². The molecule has 0 bridgehead atoms. The van der Waals surface area contributed by atoms with E-state index < -0.39 is 0 Å². The first-order valence-corrected chi connectivity index (χ1v) is 7.84. The maximum Gasteiger partial charge on any atom is 0.226 e. The van der Waals surface area contributed by atoms with Crippen molar-refractivity contribution in [2.45, 2.75) is 38.8 Å². The first-order valence-electron chi connectivity index (χ1n) is 7.84. The molecule has 0 radical (unpaired) electrons. The second-order valence-corrected chi connectivity index (χ2v) is 5.81. The molecule has 2 unspecified atom stereocenters. The summed E-state index contributed by atoms with van der Waals surface area (Å²) in [4.78, 5) is 14.5. The van der Waals surface area contributed by atoms with Gasteiger partial charge in [-0.1, -0.05) is 6.07 Å². The topological polar surface area (TPSA) is 64.8 Å². The van der Waals surface area contributed by atoms with Crippen molar-refractivity contribution in [1.82, 2.24) is 4.90 Å². The third-order valence-corrected chi connectivity index (χ3v) is 4.34. The lowest BCUT2D eigenvalue weighted by atomic mass is 10.1. The summed E-state index contributed by atoms with van der Waals surface area (Å²) in [5.41, 5.74) is 6.96. The van der Waals surface area contributed by atoms with Crippen molar-refractivity contribution < 1.29 is 14.3 Å². The maximum atomic E-state index is 12.6. The lowest BCUT2D eigenvalue weighted by molar-refractivity contribution is -0.135. The van der Waals surface area contributed by atoms with Crippen LogP contribution >= 0.6 is 0 Å². The summed E-state index contributed by atoms with van der Waals surface area (Å²) < 4.78 is 10.6. The smallest absolute Gasteiger partial charge is 0.226 e. The van der Waals surface area contributed by atoms with Crippen molar-refractivity contribution in [3.8, 4) is 11.5 Å². The van der Waals surface area contributed by atoms with E-state index in [4.69, 9.17) is 15.2 Å². The van der Waals surface area contributed by atoms with Gasteiger partial charge >= 0.3 is 0 Å². The van der Waals surface area contributed by atoms with Gasteiger partial charge in [0.2, 0.25) is 5.91 Å². The average Bonchev–Trinajstić information content (AvgIpc) is 2.98. The number of benzene rings is 1. The Morgan fingerprint density at radius 3 is 2.55 bits per heavy atom. The third kappa shape index (κ3) is 3.71. The predicted octanol–water partition coefficient (Wildman–Crippen LogP) is 2.18. The van der Waals surface area contributed by atoms with Gasteiger partial charge in [0, 0.05) is 25.0 Å². The summed E-state index contributed by atoms with van der Waals surface area (Å²) in [7, 11) is 3.23. The van der Waals surface area contributed by atoms with E-state index in [1.54, 1.807) is 14.2 Å². The van der Waals surface area contributed by atoms with Crippen molar-refractivity contribution in [2.75, 3.05) is 20.8 Å². The Morgan fingerprint density at radius 1 is 1.27 bits per heavy atom. The Kier molecular flexibility index (Phi) is 5.66. The van der Waals surface area contributed by atoms with Crippen molar-refractivity contribution >= 4 is 5.91 Å². The van der Waals surface area contributed by atoms with Crippen LogP contribution in [0.4, 0.5) is 0 Å². The zero-order valence-corrected chi connectivity index (χ0v) is 13.7. The zero-order valence-electron chi connectivity index (χ0n) is 13.7. The van der Waals surface area contributed by atoms with E-state index in [0.717, 1.165) is 24.8 Å². The van der Waals surface area contributed by atoms with Crippen LogP contribution in [0.2, 0.25) is 0 Å². The molecule has 2 atom stereocenters. The molecule has 1 amide bonds. The number of hydrogen-bond acceptors (Lipinski definition) is 4. The molecule has 0 spiro atoms. The monoisotopic (exact) mass is 306 g/mol. The summed E-state index contributed by atoms with van der Waals surface area (Å²) in [5, 5.41) is 0. The number of hydrogen-bond donors (Lipinski definition) is 1. The number of rotatable bonds is 6. The highest BCUT2D eigenvalue weighted by molar-refractivity contribution is 5.79. The highest BCUT2D eigenvalue weighted by Crippen LogP contribution is 2.29. The molecule has 2 N–H and O–H groups in total. The van der Waals surface area contributed by atoms with Gasteiger partial charge in [-0.2, -0.15) is 0 Å². The summed E-state index contributed by atoms with van der Waals surface area (Å²) in [6, 6.07) is 5.94. The molecule has 0 saturated heterocycles. The van der Waals surface area contributed by atoms with E-state index in [2.05, 4.69) is 0 Å². The Morgan fingerprint density at radius 2 is 2.00 bits per heavy atom. The van der Waals surface area contributed by atoms with Crippen LogP contribution in [0.3, 0.4) is 0 Å². The van der Waals surface area contributed by atoms with Gasteiger partial charge in [-0.3, -0.25) is 4.79 Å². The van der Waals surface area contributed by atoms with Gasteiger partial charge < -0.3 is 20.1 Å². The van der Waals surface area contributed by atoms with Crippen LogP contribution in [0.5, 0.6) is 11.5 Å². The normalized spacial score (nSPS) is 20.7. The van der Waals surface area contributed by atoms with Crippen LogP contribution in [0, 0.1) is 5.92 Å². The van der Waals surface area contributed by atoms with E-state index in [0.29, 0.717) is 24.6 Å². The molecule has 1 aromatic carbocycles. The molecule has 122 valence electrons. The fraction of sp³-hybridized carbons (Fsp3) is 0.588. The summed E-state index contributed by atoms with van der Waals surface area (Å²) in [5.74, 6) is 1.68. The molecule has 0 aliphatic heterocycles. The van der Waals surface area contributed by atoms with Crippen LogP contribution in [-0.2, 0) is 11.3 Å². The number of carbonyl (C=O) groups is 1. The van der Waals surface area contributed by atoms with Crippen molar-refractivity contribution in [3.05, 3.63) is 23.8 Å². The van der Waals surface area contributed by atoms with E-state index in [-0.39, 0.29) is 17.9 Å². The number of amides is 1. The molecular weight excluding hydrogens is 280 g/mol. The predicted molar refractivity (Wildman–Crippen MR) is 86.0 cm³/mol. The van der Waals surface area contributed by atoms with Gasteiger partial charge in [0.1, 0.15) is 0 Å². The Labute approximate surface area is 132 Å². The Balaban J connectivity index is 2.08. The minimum atomic E-state index is 0.0788. The molecule has 5 nitrogen and oxygen atoms in total. The van der Waals surface area contributed by atoms with Gasteiger partial charge in [-0.15, -0.1) is 0 Å². The number of carbonyl (C=O) groups excluding carboxylic acids is 1. The van der Waals surface area contributed by atoms with Crippen molar-refractivity contribution in [2.24, 2.45) is 11.7 Å². The Hall–Kier alpha value is -1.75. The fourth-order valence-corrected chi connectivity index (χ4v) is 3.04. The molecule has 0 aromatic heterocycles. The lowest BCUT2D eigenvalue weighted by Crippen LogP contribution is -2.35. The first-order chi connectivity index (χ1) is 10.6. The lowest BCUT2D eigenvalue weighted by Gasteiger charge is -2.24. The number of nitrogens with two attached hydrogens (primary N) is 1. The fourth-order valence-electron chi connectivity index (χ4n) is 3.04. The molecule has 1 aliphatic carbocycles. The Bertz CT molecular complexity index is 519. The van der Waals surface area contributed by atoms with Crippen LogP contribution in [-0.4, -0.2) is 37.6 Å². The molecule has 1 aliphatic rings. The third-order valence-electron chi connectivity index (χ3n) is 4.34. The molecular formula is C17H26N2O3. The van der Waals surface area contributed by atoms with Crippen LogP contribution in [0.1, 0.15) is 31.7 Å². The number of nitrogens with zero attached hydrogens (tertiary/aromatic N) is 1. The van der Waals surface area contributed by atoms with E-state index in [9.17, 15) is 4.79 Å². The molecule has 22 heavy (non-hydrogen) atoms. The number of ether oxygens (including phenoxy) is 2. The largest absolute Gasteiger partial charge is 0.493 e. The SMILES string of the molecule is CCN(Cc1ccc(OC)c(OC)c1)C(=O)C1CCC(N)C1. The molecule has 1 aromatic rings. The standard InChI is InChI=1S/C17H26N2O3/c1-4-19(17(20)13-6-7-14(18)10-13)11-12-5-8-15(21-2)16(9-12)22-3/h5,8-9,13-14H,4,6-7,10-11,18H2,1-3H3. The van der Waals surface area contributed by atoms with E-state index in [1.165, 1.54) is 0 Å². The highest BCUT2D eigenvalue weighted by Gasteiger charge is 2.30. The maximum absolute atomic E-state index is 12.6. The molecule has 0 heterocycles. The van der Waals surface area contributed by atoms with Gasteiger partial charge in [0.15, 0.2) is 11.5 Å². The second kappa shape index (κ2) is 7.49. The van der Waals surface area contributed by atoms with Gasteiger partial charge in [0.05, 0.1) is 14.2 Å². The second-order valence-electron chi connectivity index (χ2n) is 5.81. The van der Waals surface area contributed by atoms with Gasteiger partial charge in [0.25, 0.3) is 0 Å².